The van der Waals surface area contributed by atoms with Crippen LogP contribution in [0.15, 0.2) is 42.7 Å². The first kappa shape index (κ1) is 20.7. The summed E-state index contributed by atoms with van der Waals surface area (Å²) in [6.45, 7) is 8.00. The monoisotopic (exact) mass is 411 g/mol. The predicted molar refractivity (Wildman–Crippen MR) is 116 cm³/mol. The van der Waals surface area contributed by atoms with Crippen molar-refractivity contribution in [3.8, 4) is 10.6 Å². The van der Waals surface area contributed by atoms with E-state index in [-0.39, 0.29) is 0 Å². The summed E-state index contributed by atoms with van der Waals surface area (Å²) >= 11 is 1.56. The summed E-state index contributed by atoms with van der Waals surface area (Å²) < 4.78 is 5.23. The maximum Gasteiger partial charge on any atom is 0.407 e. The second-order valence-corrected chi connectivity index (χ2v) is 8.66. The lowest BCUT2D eigenvalue weighted by Crippen LogP contribution is -2.33. The van der Waals surface area contributed by atoms with Crippen LogP contribution in [0.3, 0.4) is 0 Å². The van der Waals surface area contributed by atoms with Crippen molar-refractivity contribution in [3.63, 3.8) is 0 Å². The lowest BCUT2D eigenvalue weighted by Gasteiger charge is -2.19. The smallest absolute Gasteiger partial charge is 0.407 e. The van der Waals surface area contributed by atoms with Crippen LogP contribution in [0.2, 0.25) is 0 Å². The molecule has 3 heterocycles. The summed E-state index contributed by atoms with van der Waals surface area (Å²) in [6.07, 6.45) is 3.79. The Morgan fingerprint density at radius 2 is 2.00 bits per heavy atom. The van der Waals surface area contributed by atoms with Crippen molar-refractivity contribution in [2.45, 2.75) is 39.7 Å². The molecular formula is C21H25N5O2S. The van der Waals surface area contributed by atoms with Crippen LogP contribution in [0, 0.1) is 6.92 Å². The van der Waals surface area contributed by atoms with Crippen molar-refractivity contribution in [3.05, 3.63) is 53.3 Å². The Labute approximate surface area is 174 Å². The minimum Gasteiger partial charge on any atom is -0.444 e. The van der Waals surface area contributed by atoms with Gasteiger partial charge in [0.05, 0.1) is 15.6 Å². The number of hydrogen-bond acceptors (Lipinski definition) is 7. The Morgan fingerprint density at radius 3 is 2.76 bits per heavy atom. The third-order valence-corrected chi connectivity index (χ3v) is 4.81. The number of carbonyl (C=O) groups is 1. The van der Waals surface area contributed by atoms with Crippen molar-refractivity contribution in [2.75, 3.05) is 11.9 Å². The topological polar surface area (TPSA) is 89.0 Å². The van der Waals surface area contributed by atoms with Gasteiger partial charge in [0.15, 0.2) is 0 Å². The molecule has 1 amide bonds. The summed E-state index contributed by atoms with van der Waals surface area (Å²) in [5, 5.41) is 6.91. The number of aryl methyl sites for hydroxylation is 1. The number of amides is 1. The average Bonchev–Trinajstić information content (AvgIpc) is 3.09. The zero-order valence-corrected chi connectivity index (χ0v) is 17.8. The lowest BCUT2D eigenvalue weighted by molar-refractivity contribution is 0.0528. The number of nitrogens with zero attached hydrogens (tertiary/aromatic N) is 3. The number of alkyl carbamates (subject to hydrolysis) is 1. The van der Waals surface area contributed by atoms with E-state index in [9.17, 15) is 4.79 Å². The molecule has 0 saturated carbocycles. The second-order valence-electron chi connectivity index (χ2n) is 7.55. The predicted octanol–water partition coefficient (Wildman–Crippen LogP) is 4.72. The van der Waals surface area contributed by atoms with Crippen molar-refractivity contribution in [2.24, 2.45) is 0 Å². The Balaban J connectivity index is 1.59. The van der Waals surface area contributed by atoms with Gasteiger partial charge in [-0.15, -0.1) is 11.3 Å². The van der Waals surface area contributed by atoms with E-state index >= 15 is 0 Å². The molecule has 0 aromatic carbocycles. The van der Waals surface area contributed by atoms with Crippen LogP contribution in [0.1, 0.15) is 31.3 Å². The Kier molecular flexibility index (Phi) is 6.43. The highest BCUT2D eigenvalue weighted by molar-refractivity contribution is 7.15. The molecule has 0 aliphatic heterocycles. The van der Waals surface area contributed by atoms with Gasteiger partial charge in [-0.1, -0.05) is 6.07 Å². The Bertz CT molecular complexity index is 981. The van der Waals surface area contributed by atoms with Gasteiger partial charge in [-0.3, -0.25) is 0 Å². The van der Waals surface area contributed by atoms with E-state index in [1.165, 1.54) is 0 Å². The first-order chi connectivity index (χ1) is 13.8. The Morgan fingerprint density at radius 1 is 1.17 bits per heavy atom. The highest BCUT2D eigenvalue weighted by atomic mass is 32.1. The SMILES string of the molecule is Cc1ccnc(Nc2cccc(-c3cnc(CCNC(=O)OC(C)(C)C)s3)n2)c1. The molecule has 29 heavy (non-hydrogen) atoms. The van der Waals surface area contributed by atoms with Gasteiger partial charge in [0, 0.05) is 25.4 Å². The molecule has 8 heteroatoms. The number of hydrogen-bond donors (Lipinski definition) is 2. The minimum atomic E-state index is -0.503. The number of ether oxygens (including phenoxy) is 1. The van der Waals surface area contributed by atoms with Crippen LogP contribution < -0.4 is 10.6 Å². The highest BCUT2D eigenvalue weighted by Gasteiger charge is 2.15. The summed E-state index contributed by atoms with van der Waals surface area (Å²) in [7, 11) is 0. The van der Waals surface area contributed by atoms with E-state index < -0.39 is 11.7 Å². The van der Waals surface area contributed by atoms with Crippen LogP contribution in [-0.2, 0) is 11.2 Å². The molecule has 3 rings (SSSR count). The quantitative estimate of drug-likeness (QED) is 0.610. The molecule has 0 aliphatic rings. The minimum absolute atomic E-state index is 0.417. The molecule has 152 valence electrons. The molecule has 0 atom stereocenters. The molecule has 0 spiro atoms. The first-order valence-electron chi connectivity index (χ1n) is 9.37. The summed E-state index contributed by atoms with van der Waals surface area (Å²) in [6, 6.07) is 9.72. The van der Waals surface area contributed by atoms with E-state index in [2.05, 4.69) is 25.6 Å². The van der Waals surface area contributed by atoms with Crippen molar-refractivity contribution >= 4 is 29.1 Å². The maximum absolute atomic E-state index is 11.7. The summed E-state index contributed by atoms with van der Waals surface area (Å²) in [4.78, 5) is 26.1. The number of aromatic nitrogens is 3. The summed E-state index contributed by atoms with van der Waals surface area (Å²) in [5.74, 6) is 1.48. The zero-order chi connectivity index (χ0) is 20.9. The normalized spacial score (nSPS) is 11.2. The van der Waals surface area contributed by atoms with E-state index in [1.807, 2.05) is 64.2 Å². The largest absolute Gasteiger partial charge is 0.444 e. The van der Waals surface area contributed by atoms with Gasteiger partial charge in [0.25, 0.3) is 0 Å². The third kappa shape index (κ3) is 6.53. The molecule has 0 aliphatic carbocycles. The van der Waals surface area contributed by atoms with Crippen LogP contribution >= 0.6 is 11.3 Å². The number of nitrogens with one attached hydrogen (secondary N) is 2. The molecule has 7 nitrogen and oxygen atoms in total. The lowest BCUT2D eigenvalue weighted by atomic mass is 10.2. The molecule has 0 radical (unpaired) electrons. The van der Waals surface area contributed by atoms with E-state index in [0.29, 0.717) is 13.0 Å². The van der Waals surface area contributed by atoms with E-state index in [0.717, 1.165) is 32.8 Å². The van der Waals surface area contributed by atoms with Gasteiger partial charge in [0.1, 0.15) is 17.2 Å². The number of pyridine rings is 2. The zero-order valence-electron chi connectivity index (χ0n) is 17.0. The molecular weight excluding hydrogens is 386 g/mol. The molecule has 0 saturated heterocycles. The van der Waals surface area contributed by atoms with Crippen molar-refractivity contribution in [1.29, 1.82) is 0 Å². The van der Waals surface area contributed by atoms with Gasteiger partial charge in [-0.2, -0.15) is 0 Å². The molecule has 3 aromatic heterocycles. The number of thiazole rings is 1. The molecule has 0 fully saturated rings. The molecule has 0 bridgehead atoms. The standard InChI is InChI=1S/C21H25N5O2S/c1-14-8-10-22-18(12-14)26-17-7-5-6-15(25-17)16-13-24-19(29-16)9-11-23-20(27)28-21(2,3)4/h5-8,10,12-13H,9,11H2,1-4H3,(H,23,27)(H,22,25,26). The fourth-order valence-corrected chi connectivity index (χ4v) is 3.39. The van der Waals surface area contributed by atoms with E-state index in [1.54, 1.807) is 17.5 Å². The summed E-state index contributed by atoms with van der Waals surface area (Å²) in [5.41, 5.74) is 1.47. The Hall–Kier alpha value is -3.00. The van der Waals surface area contributed by atoms with Crippen molar-refractivity contribution < 1.29 is 9.53 Å². The highest BCUT2D eigenvalue weighted by Crippen LogP contribution is 2.26. The van der Waals surface area contributed by atoms with Gasteiger partial charge in [-0.25, -0.2) is 19.7 Å². The van der Waals surface area contributed by atoms with Crippen LogP contribution in [0.5, 0.6) is 0 Å². The fourth-order valence-electron chi connectivity index (χ4n) is 2.51. The molecule has 0 unspecified atom stereocenters. The van der Waals surface area contributed by atoms with Crippen molar-refractivity contribution in [1.82, 2.24) is 20.3 Å². The number of carbonyl (C=O) groups excluding carboxylic acids is 1. The maximum atomic E-state index is 11.7. The first-order valence-corrected chi connectivity index (χ1v) is 10.2. The van der Waals surface area contributed by atoms with Crippen LogP contribution in [0.4, 0.5) is 16.4 Å². The fraction of sp³-hybridized carbons (Fsp3) is 0.333. The van der Waals surface area contributed by atoms with Crippen LogP contribution in [-0.4, -0.2) is 33.2 Å². The van der Waals surface area contributed by atoms with E-state index in [4.69, 9.17) is 4.74 Å². The van der Waals surface area contributed by atoms with Gasteiger partial charge < -0.3 is 15.4 Å². The number of rotatable bonds is 6. The molecule has 3 aromatic rings. The van der Waals surface area contributed by atoms with Crippen LogP contribution in [0.25, 0.3) is 10.6 Å². The van der Waals surface area contributed by atoms with Gasteiger partial charge in [-0.05, 0) is 57.5 Å². The number of anilines is 2. The average molecular weight is 412 g/mol. The second kappa shape index (κ2) is 9.00. The van der Waals surface area contributed by atoms with Gasteiger partial charge in [0.2, 0.25) is 0 Å². The van der Waals surface area contributed by atoms with Gasteiger partial charge >= 0.3 is 6.09 Å². The molecule has 2 N–H and O–H groups in total. The third-order valence-electron chi connectivity index (χ3n) is 3.73.